The SMILES string of the molecule is [2H]c1cnc(-n2c3cc(Oc4ccc5c6ccccc6n(-c6cc([2H])ccn6)c5c4)ccc3c3ccc(Oc4ccc5c6ccccc6n(-c6cc([2H])ccn6)c5c4)cc32)nc1. The van der Waals surface area contributed by atoms with Crippen molar-refractivity contribution in [3.8, 4) is 40.6 Å². The van der Waals surface area contributed by atoms with Gasteiger partial charge in [0.05, 0.1) is 37.2 Å². The predicted molar refractivity (Wildman–Crippen MR) is 234 cm³/mol. The molecular formula is C50H31N7O2. The van der Waals surface area contributed by atoms with Crippen molar-refractivity contribution in [3.05, 3.63) is 189 Å². The molecule has 0 amide bonds. The molecule has 9 heteroatoms. The van der Waals surface area contributed by atoms with Crippen LogP contribution in [0.1, 0.15) is 4.11 Å². The topological polar surface area (TPSA) is 84.8 Å². The van der Waals surface area contributed by atoms with E-state index < -0.39 is 0 Å². The Kier molecular flexibility index (Phi) is 6.66. The molecule has 0 spiro atoms. The standard InChI is InChI=1S/C50H31N7O2/c1-3-12-42-36(10-1)38-20-16-32(28-44(38)55(42)48-14-5-7-24-51-48)58-34-18-22-40-41-23-19-35(31-47(41)57(46(40)30-34)50-53-26-9-27-54-50)59-33-17-21-39-37-11-2-4-13-43(37)56(45(39)29-33)49-15-6-8-25-52-49/h1-31H/i5D,6D,9D. The van der Waals surface area contributed by atoms with E-state index in [4.69, 9.17) is 13.6 Å². The van der Waals surface area contributed by atoms with Gasteiger partial charge in [-0.1, -0.05) is 48.5 Å². The molecule has 0 atom stereocenters. The second-order valence-electron chi connectivity index (χ2n) is 14.2. The van der Waals surface area contributed by atoms with E-state index in [1.54, 1.807) is 36.7 Å². The van der Waals surface area contributed by atoms with E-state index in [1.807, 2.05) is 89.5 Å². The summed E-state index contributed by atoms with van der Waals surface area (Å²) in [6, 6.07) is 48.2. The monoisotopic (exact) mass is 764 g/mol. The highest BCUT2D eigenvalue weighted by molar-refractivity contribution is 6.11. The first kappa shape index (κ1) is 29.9. The van der Waals surface area contributed by atoms with Gasteiger partial charge in [-0.15, -0.1) is 0 Å². The second-order valence-corrected chi connectivity index (χ2v) is 14.2. The van der Waals surface area contributed by atoms with Crippen molar-refractivity contribution in [3.63, 3.8) is 0 Å². The van der Waals surface area contributed by atoms with Crippen molar-refractivity contribution in [1.29, 1.82) is 0 Å². The Bertz CT molecular complexity index is 3540. The van der Waals surface area contributed by atoms with Gasteiger partial charge in [-0.2, -0.15) is 0 Å². The maximum Gasteiger partial charge on any atom is 0.234 e. The predicted octanol–water partition coefficient (Wildman–Crippen LogP) is 12.1. The largest absolute Gasteiger partial charge is 0.457 e. The Morgan fingerprint density at radius 3 is 1.15 bits per heavy atom. The molecule has 0 aliphatic heterocycles. The second kappa shape index (κ2) is 13.1. The Morgan fingerprint density at radius 1 is 0.339 bits per heavy atom. The van der Waals surface area contributed by atoms with Gasteiger partial charge in [-0.25, -0.2) is 19.9 Å². The number of benzene rings is 6. The minimum atomic E-state index is 0.206. The molecule has 9 nitrogen and oxygen atoms in total. The van der Waals surface area contributed by atoms with E-state index in [9.17, 15) is 0 Å². The summed E-state index contributed by atoms with van der Waals surface area (Å²) in [7, 11) is 0. The number of aromatic nitrogens is 7. The van der Waals surface area contributed by atoms with Crippen molar-refractivity contribution in [2.24, 2.45) is 0 Å². The lowest BCUT2D eigenvalue weighted by Gasteiger charge is -2.10. The maximum atomic E-state index is 8.27. The van der Waals surface area contributed by atoms with Crippen LogP contribution >= 0.6 is 0 Å². The average Bonchev–Trinajstić information content (AvgIpc) is 3.91. The zero-order valence-electron chi connectivity index (χ0n) is 34.1. The highest BCUT2D eigenvalue weighted by Crippen LogP contribution is 2.40. The number of fused-ring (bicyclic) bond motifs is 9. The highest BCUT2D eigenvalue weighted by Gasteiger charge is 2.19. The molecule has 6 aromatic heterocycles. The molecule has 0 radical (unpaired) electrons. The minimum Gasteiger partial charge on any atom is -0.457 e. The van der Waals surface area contributed by atoms with Crippen LogP contribution in [0.5, 0.6) is 23.0 Å². The van der Waals surface area contributed by atoms with Gasteiger partial charge in [0.25, 0.3) is 0 Å². The van der Waals surface area contributed by atoms with E-state index >= 15 is 0 Å². The first-order chi connectivity index (χ1) is 30.4. The van der Waals surface area contributed by atoms with Crippen LogP contribution in [0.2, 0.25) is 0 Å². The number of para-hydroxylation sites is 2. The van der Waals surface area contributed by atoms with Crippen molar-refractivity contribution in [1.82, 2.24) is 33.6 Å². The molecule has 0 N–H and O–H groups in total. The zero-order chi connectivity index (χ0) is 41.5. The Morgan fingerprint density at radius 2 is 0.729 bits per heavy atom. The summed E-state index contributed by atoms with van der Waals surface area (Å²) in [5, 5.41) is 6.18. The third-order valence-corrected chi connectivity index (χ3v) is 10.8. The number of hydrogen-bond donors (Lipinski definition) is 0. The molecule has 12 aromatic rings. The van der Waals surface area contributed by atoms with Crippen LogP contribution in [0.4, 0.5) is 0 Å². The maximum absolute atomic E-state index is 8.27. The lowest BCUT2D eigenvalue weighted by Crippen LogP contribution is -2.00. The van der Waals surface area contributed by atoms with Gasteiger partial charge in [0.15, 0.2) is 0 Å². The molecule has 0 fully saturated rings. The van der Waals surface area contributed by atoms with Crippen LogP contribution in [0.15, 0.2) is 189 Å². The summed E-state index contributed by atoms with van der Waals surface area (Å²) in [5.41, 5.74) is 5.42. The van der Waals surface area contributed by atoms with Crippen LogP contribution in [0.25, 0.3) is 83.0 Å². The van der Waals surface area contributed by atoms with E-state index in [2.05, 4.69) is 65.5 Å². The van der Waals surface area contributed by atoms with Crippen LogP contribution in [-0.2, 0) is 0 Å². The molecule has 278 valence electrons. The van der Waals surface area contributed by atoms with Crippen molar-refractivity contribution < 1.29 is 13.6 Å². The lowest BCUT2D eigenvalue weighted by molar-refractivity contribution is 0.484. The Hall–Kier alpha value is -8.30. The average molecular weight is 765 g/mol. The Labute approximate surface area is 340 Å². The number of rotatable bonds is 7. The van der Waals surface area contributed by atoms with Gasteiger partial charge >= 0.3 is 0 Å². The normalized spacial score (nSPS) is 12.4. The number of nitrogens with zero attached hydrogens (tertiary/aromatic N) is 7. The van der Waals surface area contributed by atoms with E-state index in [0.717, 1.165) is 65.4 Å². The summed E-state index contributed by atoms with van der Waals surface area (Å²) in [4.78, 5) is 18.4. The van der Waals surface area contributed by atoms with Crippen molar-refractivity contribution in [2.75, 3.05) is 0 Å². The molecule has 0 bridgehead atoms. The van der Waals surface area contributed by atoms with Gasteiger partial charge < -0.3 is 9.47 Å². The number of pyridine rings is 2. The fraction of sp³-hybridized carbons (Fsp3) is 0. The summed E-state index contributed by atoms with van der Waals surface area (Å²) >= 11 is 0. The highest BCUT2D eigenvalue weighted by atomic mass is 16.5. The Balaban J connectivity index is 0.959. The minimum absolute atomic E-state index is 0.206. The van der Waals surface area contributed by atoms with Crippen LogP contribution < -0.4 is 9.47 Å². The molecule has 0 unspecified atom stereocenters. The van der Waals surface area contributed by atoms with Gasteiger partial charge in [0.2, 0.25) is 5.95 Å². The third-order valence-electron chi connectivity index (χ3n) is 10.8. The van der Waals surface area contributed by atoms with E-state index in [-0.39, 0.29) is 6.04 Å². The van der Waals surface area contributed by atoms with Gasteiger partial charge in [-0.3, -0.25) is 13.7 Å². The van der Waals surface area contributed by atoms with Gasteiger partial charge in [0.1, 0.15) is 34.6 Å². The molecule has 0 saturated carbocycles. The number of hydrogen-bond acceptors (Lipinski definition) is 6. The van der Waals surface area contributed by atoms with E-state index in [0.29, 0.717) is 52.7 Å². The molecule has 0 aliphatic carbocycles. The van der Waals surface area contributed by atoms with Crippen LogP contribution in [-0.4, -0.2) is 33.6 Å². The molecule has 12 rings (SSSR count). The summed E-state index contributed by atoms with van der Waals surface area (Å²) in [6.07, 6.45) is 6.28. The van der Waals surface area contributed by atoms with Crippen LogP contribution in [0.3, 0.4) is 0 Å². The van der Waals surface area contributed by atoms with E-state index in [1.165, 1.54) is 12.4 Å². The summed E-state index contributed by atoms with van der Waals surface area (Å²) in [6.45, 7) is 0. The summed E-state index contributed by atoms with van der Waals surface area (Å²) in [5.74, 6) is 4.21. The fourth-order valence-electron chi connectivity index (χ4n) is 8.36. The van der Waals surface area contributed by atoms with Crippen molar-refractivity contribution in [2.45, 2.75) is 0 Å². The van der Waals surface area contributed by atoms with Gasteiger partial charge in [0, 0.05) is 81.4 Å². The first-order valence-corrected chi connectivity index (χ1v) is 19.1. The fourth-order valence-corrected chi connectivity index (χ4v) is 8.36. The molecule has 0 aliphatic rings. The third kappa shape index (κ3) is 5.33. The summed E-state index contributed by atoms with van der Waals surface area (Å²) < 4.78 is 44.0. The van der Waals surface area contributed by atoms with Gasteiger partial charge in [-0.05, 0) is 91.0 Å². The zero-order valence-corrected chi connectivity index (χ0v) is 31.1. The first-order valence-electron chi connectivity index (χ1n) is 20.6. The smallest absolute Gasteiger partial charge is 0.234 e. The molecule has 0 saturated heterocycles. The lowest BCUT2D eigenvalue weighted by atomic mass is 10.1. The molecular weight excluding hydrogens is 731 g/mol. The quantitative estimate of drug-likeness (QED) is 0.161. The molecule has 6 heterocycles. The van der Waals surface area contributed by atoms with Crippen LogP contribution in [0, 0.1) is 0 Å². The molecule has 59 heavy (non-hydrogen) atoms. The van der Waals surface area contributed by atoms with Crippen molar-refractivity contribution >= 4 is 65.4 Å². The molecule has 6 aromatic carbocycles. The number of ether oxygens (including phenoxy) is 2.